The fraction of sp³-hybridized carbons (Fsp3) is 0.800. The molecule has 1 spiro atoms. The van der Waals surface area contributed by atoms with Gasteiger partial charge < -0.3 is 16.0 Å². The van der Waals surface area contributed by atoms with E-state index in [-0.39, 0.29) is 24.2 Å². The van der Waals surface area contributed by atoms with Crippen molar-refractivity contribution in [3.05, 3.63) is 0 Å². The summed E-state index contributed by atoms with van der Waals surface area (Å²) >= 11 is 0. The van der Waals surface area contributed by atoms with E-state index < -0.39 is 17.6 Å². The van der Waals surface area contributed by atoms with E-state index in [1.54, 1.807) is 6.92 Å². The summed E-state index contributed by atoms with van der Waals surface area (Å²) in [5.74, 6) is -0.510. The van der Waals surface area contributed by atoms with Gasteiger partial charge in [-0.2, -0.15) is 0 Å². The van der Waals surface area contributed by atoms with Crippen LogP contribution in [-0.2, 0) is 9.59 Å². The maximum absolute atomic E-state index is 12.6. The molecule has 3 aliphatic rings. The van der Waals surface area contributed by atoms with Crippen molar-refractivity contribution >= 4 is 30.3 Å². The Morgan fingerprint density at radius 3 is 2.65 bits per heavy atom. The zero-order valence-electron chi connectivity index (χ0n) is 13.4. The van der Waals surface area contributed by atoms with Gasteiger partial charge in [-0.15, -0.1) is 12.4 Å². The molecule has 0 radical (unpaired) electrons. The summed E-state index contributed by atoms with van der Waals surface area (Å²) in [7, 11) is 0. The predicted octanol–water partition coefficient (Wildman–Crippen LogP) is 0.530. The van der Waals surface area contributed by atoms with Crippen LogP contribution in [0.15, 0.2) is 0 Å². The average molecular weight is 345 g/mol. The van der Waals surface area contributed by atoms with Gasteiger partial charge in [0.25, 0.3) is 5.91 Å². The molecular formula is C15H25ClN4O3. The number of rotatable bonds is 4. The van der Waals surface area contributed by atoms with Crippen LogP contribution in [0.3, 0.4) is 0 Å². The monoisotopic (exact) mass is 344 g/mol. The van der Waals surface area contributed by atoms with E-state index in [1.165, 1.54) is 0 Å². The van der Waals surface area contributed by atoms with Crippen LogP contribution in [-0.4, -0.2) is 53.5 Å². The molecule has 0 aromatic carbocycles. The number of hydrogen-bond donors (Lipinski definition) is 3. The smallest absolute Gasteiger partial charge is 0.325 e. The highest BCUT2D eigenvalue weighted by atomic mass is 35.5. The minimum Gasteiger partial charge on any atom is -0.353 e. The maximum atomic E-state index is 12.6. The van der Waals surface area contributed by atoms with Gasteiger partial charge in [0.05, 0.1) is 0 Å². The van der Waals surface area contributed by atoms with Crippen molar-refractivity contribution in [3.8, 4) is 0 Å². The first-order valence-corrected chi connectivity index (χ1v) is 8.20. The van der Waals surface area contributed by atoms with E-state index in [1.807, 2.05) is 0 Å². The summed E-state index contributed by atoms with van der Waals surface area (Å²) in [5, 5.41) is 8.96. The highest BCUT2D eigenvalue weighted by molar-refractivity contribution is 6.09. The second kappa shape index (κ2) is 7.05. The Bertz CT molecular complexity index is 487. The molecule has 7 nitrogen and oxygen atoms in total. The Hall–Kier alpha value is -1.34. The topological polar surface area (TPSA) is 90.5 Å². The summed E-state index contributed by atoms with van der Waals surface area (Å²) in [6.07, 6.45) is 5.39. The number of halogens is 1. The molecule has 130 valence electrons. The molecule has 2 saturated heterocycles. The van der Waals surface area contributed by atoms with Gasteiger partial charge in [-0.25, -0.2) is 9.69 Å². The van der Waals surface area contributed by atoms with Crippen LogP contribution in [0.2, 0.25) is 0 Å². The molecule has 1 saturated carbocycles. The van der Waals surface area contributed by atoms with Gasteiger partial charge in [-0.05, 0) is 39.2 Å². The minimum absolute atomic E-state index is 0. The number of urea groups is 1. The zero-order chi connectivity index (χ0) is 15.7. The van der Waals surface area contributed by atoms with E-state index >= 15 is 0 Å². The molecule has 4 amide bonds. The maximum Gasteiger partial charge on any atom is 0.325 e. The first kappa shape index (κ1) is 18.0. The van der Waals surface area contributed by atoms with Crippen LogP contribution in [0.1, 0.15) is 45.4 Å². The van der Waals surface area contributed by atoms with Crippen molar-refractivity contribution in [3.63, 3.8) is 0 Å². The molecule has 0 aromatic heterocycles. The SMILES string of the molecule is CC(C(=O)NCC1CCCN1)N1C(=O)NC2(CCCC2)C1=O.Cl. The van der Waals surface area contributed by atoms with E-state index in [2.05, 4.69) is 16.0 Å². The van der Waals surface area contributed by atoms with Gasteiger partial charge in [0.15, 0.2) is 0 Å². The third-order valence-electron chi connectivity index (χ3n) is 5.10. The minimum atomic E-state index is -0.770. The van der Waals surface area contributed by atoms with Crippen LogP contribution in [0.5, 0.6) is 0 Å². The number of hydrogen-bond acceptors (Lipinski definition) is 4. The number of nitrogens with zero attached hydrogens (tertiary/aromatic N) is 1. The number of carbonyl (C=O) groups excluding carboxylic acids is 3. The lowest BCUT2D eigenvalue weighted by Gasteiger charge is -2.24. The lowest BCUT2D eigenvalue weighted by atomic mass is 9.97. The molecule has 2 heterocycles. The van der Waals surface area contributed by atoms with Crippen LogP contribution in [0, 0.1) is 0 Å². The third-order valence-corrected chi connectivity index (χ3v) is 5.10. The molecule has 2 unspecified atom stereocenters. The normalized spacial score (nSPS) is 27.0. The third kappa shape index (κ3) is 3.30. The molecule has 0 aromatic rings. The average Bonchev–Trinajstić information content (AvgIpc) is 3.20. The highest BCUT2D eigenvalue weighted by Crippen LogP contribution is 2.35. The van der Waals surface area contributed by atoms with Gasteiger partial charge >= 0.3 is 6.03 Å². The second-order valence-electron chi connectivity index (χ2n) is 6.61. The Labute approximate surface area is 142 Å². The number of carbonyl (C=O) groups is 3. The standard InChI is InChI=1S/C15H24N4O3.ClH/c1-10(12(20)17-9-11-5-4-8-16-11)19-13(21)15(18-14(19)22)6-2-3-7-15;/h10-11,16H,2-9H2,1H3,(H,17,20)(H,18,22);1H. The van der Waals surface area contributed by atoms with Gasteiger partial charge in [0, 0.05) is 12.6 Å². The van der Waals surface area contributed by atoms with Crippen LogP contribution < -0.4 is 16.0 Å². The summed E-state index contributed by atoms with van der Waals surface area (Å²) < 4.78 is 0. The van der Waals surface area contributed by atoms with Gasteiger partial charge in [-0.1, -0.05) is 12.8 Å². The van der Waals surface area contributed by atoms with E-state index in [9.17, 15) is 14.4 Å². The largest absolute Gasteiger partial charge is 0.353 e. The van der Waals surface area contributed by atoms with Gasteiger partial charge in [0.2, 0.25) is 5.91 Å². The molecule has 3 rings (SSSR count). The molecule has 1 aliphatic carbocycles. The van der Waals surface area contributed by atoms with E-state index in [0.717, 1.165) is 37.1 Å². The highest BCUT2D eigenvalue weighted by Gasteiger charge is 2.54. The lowest BCUT2D eigenvalue weighted by molar-refractivity contribution is -0.137. The zero-order valence-corrected chi connectivity index (χ0v) is 14.2. The van der Waals surface area contributed by atoms with Crippen molar-refractivity contribution < 1.29 is 14.4 Å². The first-order chi connectivity index (χ1) is 10.5. The summed E-state index contributed by atoms with van der Waals surface area (Å²) in [4.78, 5) is 38.1. The fourth-order valence-corrected chi connectivity index (χ4v) is 3.73. The molecule has 0 bridgehead atoms. The predicted molar refractivity (Wildman–Crippen MR) is 87.3 cm³/mol. The van der Waals surface area contributed by atoms with E-state index in [4.69, 9.17) is 0 Å². The van der Waals surface area contributed by atoms with Crippen molar-refractivity contribution in [1.82, 2.24) is 20.9 Å². The molecule has 3 N–H and O–H groups in total. The summed E-state index contributed by atoms with van der Waals surface area (Å²) in [6.45, 7) is 3.13. The van der Waals surface area contributed by atoms with Crippen LogP contribution in [0.4, 0.5) is 4.79 Å². The van der Waals surface area contributed by atoms with Gasteiger partial charge in [-0.3, -0.25) is 9.59 Å². The van der Waals surface area contributed by atoms with Crippen molar-refractivity contribution in [2.24, 2.45) is 0 Å². The van der Waals surface area contributed by atoms with Crippen LogP contribution >= 0.6 is 12.4 Å². The fourth-order valence-electron chi connectivity index (χ4n) is 3.73. The number of imide groups is 1. The van der Waals surface area contributed by atoms with Crippen molar-refractivity contribution in [2.45, 2.75) is 63.1 Å². The van der Waals surface area contributed by atoms with Crippen LogP contribution in [0.25, 0.3) is 0 Å². The lowest BCUT2D eigenvalue weighted by Crippen LogP contribution is -2.51. The molecular weight excluding hydrogens is 320 g/mol. The molecule has 8 heteroatoms. The number of amides is 4. The summed E-state index contributed by atoms with van der Waals surface area (Å²) in [6, 6.07) is -0.914. The van der Waals surface area contributed by atoms with Crippen molar-refractivity contribution in [2.75, 3.05) is 13.1 Å². The Kier molecular flexibility index (Phi) is 5.52. The second-order valence-corrected chi connectivity index (χ2v) is 6.61. The quantitative estimate of drug-likeness (QED) is 0.649. The first-order valence-electron chi connectivity index (χ1n) is 8.20. The Morgan fingerprint density at radius 1 is 1.35 bits per heavy atom. The summed E-state index contributed by atoms with van der Waals surface area (Å²) in [5.41, 5.74) is -0.751. The molecule has 2 aliphatic heterocycles. The molecule has 2 atom stereocenters. The van der Waals surface area contributed by atoms with Gasteiger partial charge in [0.1, 0.15) is 11.6 Å². The Morgan fingerprint density at radius 2 is 2.04 bits per heavy atom. The van der Waals surface area contributed by atoms with Crippen molar-refractivity contribution in [1.29, 1.82) is 0 Å². The molecule has 23 heavy (non-hydrogen) atoms. The Balaban J connectivity index is 0.00000192. The van der Waals surface area contributed by atoms with E-state index in [0.29, 0.717) is 25.4 Å². The number of nitrogens with one attached hydrogen (secondary N) is 3. The molecule has 3 fully saturated rings.